The lowest BCUT2D eigenvalue weighted by molar-refractivity contribution is 0.223. The third kappa shape index (κ3) is 3.50. The number of fused-ring (bicyclic) bond motifs is 7. The van der Waals surface area contributed by atoms with Crippen molar-refractivity contribution in [3.63, 3.8) is 0 Å². The van der Waals surface area contributed by atoms with Crippen LogP contribution in [0.1, 0.15) is 11.1 Å². The molecular formula is C28H30N2O2. The Hall–Kier alpha value is -3.08. The van der Waals surface area contributed by atoms with Gasteiger partial charge in [-0.25, -0.2) is 0 Å². The van der Waals surface area contributed by atoms with E-state index in [1.807, 2.05) is 0 Å². The molecule has 0 fully saturated rings. The summed E-state index contributed by atoms with van der Waals surface area (Å²) in [6.45, 7) is 3.64. The van der Waals surface area contributed by atoms with Crippen LogP contribution in [0, 0.1) is 0 Å². The second-order valence-corrected chi connectivity index (χ2v) is 8.82. The second-order valence-electron chi connectivity index (χ2n) is 8.82. The molecule has 4 aromatic rings. The molecule has 0 amide bonds. The predicted molar refractivity (Wildman–Crippen MR) is 133 cm³/mol. The first-order valence-corrected chi connectivity index (χ1v) is 11.2. The Morgan fingerprint density at radius 3 is 1.66 bits per heavy atom. The lowest BCUT2D eigenvalue weighted by atomic mass is 9.87. The van der Waals surface area contributed by atoms with Gasteiger partial charge in [0.15, 0.2) is 0 Å². The van der Waals surface area contributed by atoms with Gasteiger partial charge in [-0.3, -0.25) is 4.90 Å². The first kappa shape index (κ1) is 20.8. The van der Waals surface area contributed by atoms with Crippen molar-refractivity contribution >= 4 is 21.5 Å². The molecular weight excluding hydrogens is 396 g/mol. The van der Waals surface area contributed by atoms with Gasteiger partial charge in [0, 0.05) is 37.3 Å². The average molecular weight is 427 g/mol. The number of hydrogen-bond donors (Lipinski definition) is 0. The molecule has 0 saturated carbocycles. The maximum atomic E-state index is 5.97. The van der Waals surface area contributed by atoms with Gasteiger partial charge >= 0.3 is 0 Å². The summed E-state index contributed by atoms with van der Waals surface area (Å²) in [4.78, 5) is 4.75. The van der Waals surface area contributed by atoms with E-state index in [2.05, 4.69) is 84.6 Å². The summed E-state index contributed by atoms with van der Waals surface area (Å²) < 4.78 is 11.9. The highest BCUT2D eigenvalue weighted by Crippen LogP contribution is 2.47. The van der Waals surface area contributed by atoms with Crippen LogP contribution >= 0.6 is 0 Å². The molecule has 0 aliphatic carbocycles. The van der Waals surface area contributed by atoms with Gasteiger partial charge in [0.1, 0.15) is 11.5 Å². The minimum atomic E-state index is 0.837. The van der Waals surface area contributed by atoms with Crippen molar-refractivity contribution in [3.8, 4) is 22.6 Å². The van der Waals surface area contributed by atoms with Crippen LogP contribution in [0.25, 0.3) is 32.7 Å². The van der Waals surface area contributed by atoms with Gasteiger partial charge in [-0.1, -0.05) is 48.5 Å². The molecule has 0 saturated heterocycles. The number of benzene rings is 4. The van der Waals surface area contributed by atoms with E-state index in [9.17, 15) is 0 Å². The Kier molecular flexibility index (Phi) is 5.50. The zero-order chi connectivity index (χ0) is 22.2. The molecule has 32 heavy (non-hydrogen) atoms. The standard InChI is InChI=1S/C28H30N2O2/c1-29(2)13-14-30-17-23-25(31-3)15-19-9-5-7-11-21(19)27(23)28-22-12-8-6-10-20(22)16-26(32-4)24(28)18-30/h5-12,15-16H,13-14,17-18H2,1-4H3. The number of ether oxygens (including phenoxy) is 2. The largest absolute Gasteiger partial charge is 0.496 e. The van der Waals surface area contributed by atoms with E-state index in [4.69, 9.17) is 9.47 Å². The fraction of sp³-hybridized carbons (Fsp3) is 0.286. The highest BCUT2D eigenvalue weighted by atomic mass is 16.5. The Labute approximate surface area is 190 Å². The fourth-order valence-electron chi connectivity index (χ4n) is 4.98. The molecule has 0 aromatic heterocycles. The minimum Gasteiger partial charge on any atom is -0.496 e. The molecule has 1 aliphatic rings. The summed E-state index contributed by atoms with van der Waals surface area (Å²) in [5.74, 6) is 1.90. The SMILES string of the molecule is COc1cc2ccccc2c2c1CN(CCN(C)C)Cc1c(OC)cc3ccccc3c1-2. The van der Waals surface area contributed by atoms with Gasteiger partial charge in [-0.2, -0.15) is 0 Å². The van der Waals surface area contributed by atoms with Crippen LogP contribution in [0.5, 0.6) is 11.5 Å². The highest BCUT2D eigenvalue weighted by molar-refractivity contribution is 6.09. The van der Waals surface area contributed by atoms with E-state index >= 15 is 0 Å². The number of rotatable bonds is 5. The van der Waals surface area contributed by atoms with Gasteiger partial charge in [0.2, 0.25) is 0 Å². The Morgan fingerprint density at radius 1 is 0.750 bits per heavy atom. The van der Waals surface area contributed by atoms with Gasteiger partial charge in [-0.05, 0) is 58.9 Å². The number of hydrogen-bond acceptors (Lipinski definition) is 4. The van der Waals surface area contributed by atoms with Crippen LogP contribution in [0.4, 0.5) is 0 Å². The fourth-order valence-corrected chi connectivity index (χ4v) is 4.98. The molecule has 0 bridgehead atoms. The van der Waals surface area contributed by atoms with Crippen LogP contribution in [0.3, 0.4) is 0 Å². The number of nitrogens with zero attached hydrogens (tertiary/aromatic N) is 2. The molecule has 1 aliphatic heterocycles. The van der Waals surface area contributed by atoms with Crippen molar-refractivity contribution in [1.29, 1.82) is 0 Å². The topological polar surface area (TPSA) is 24.9 Å². The monoisotopic (exact) mass is 426 g/mol. The van der Waals surface area contributed by atoms with Crippen LogP contribution in [0.15, 0.2) is 60.7 Å². The van der Waals surface area contributed by atoms with E-state index in [0.29, 0.717) is 0 Å². The van der Waals surface area contributed by atoms with E-state index in [1.165, 1.54) is 43.8 Å². The molecule has 0 spiro atoms. The van der Waals surface area contributed by atoms with E-state index in [1.54, 1.807) is 14.2 Å². The summed E-state index contributed by atoms with van der Waals surface area (Å²) >= 11 is 0. The van der Waals surface area contributed by atoms with Crippen molar-refractivity contribution in [3.05, 3.63) is 71.8 Å². The van der Waals surface area contributed by atoms with E-state index in [0.717, 1.165) is 37.7 Å². The van der Waals surface area contributed by atoms with Crippen molar-refractivity contribution in [2.24, 2.45) is 0 Å². The molecule has 4 nitrogen and oxygen atoms in total. The summed E-state index contributed by atoms with van der Waals surface area (Å²) in [6.07, 6.45) is 0. The Morgan fingerprint density at radius 2 is 1.22 bits per heavy atom. The first-order chi connectivity index (χ1) is 15.6. The van der Waals surface area contributed by atoms with Gasteiger partial charge in [-0.15, -0.1) is 0 Å². The lowest BCUT2D eigenvalue weighted by Crippen LogP contribution is -2.30. The zero-order valence-electron chi connectivity index (χ0n) is 19.3. The summed E-state index contributed by atoms with van der Waals surface area (Å²) in [5, 5.41) is 4.92. The van der Waals surface area contributed by atoms with E-state index < -0.39 is 0 Å². The quantitative estimate of drug-likeness (QED) is 0.417. The summed E-state index contributed by atoms with van der Waals surface area (Å²) in [7, 11) is 7.82. The Balaban J connectivity index is 1.90. The molecule has 0 radical (unpaired) electrons. The van der Waals surface area contributed by atoms with Gasteiger partial charge < -0.3 is 14.4 Å². The van der Waals surface area contributed by atoms with Crippen molar-refractivity contribution < 1.29 is 9.47 Å². The normalized spacial score (nSPS) is 13.8. The highest BCUT2D eigenvalue weighted by Gasteiger charge is 2.28. The van der Waals surface area contributed by atoms with Gasteiger partial charge in [0.25, 0.3) is 0 Å². The van der Waals surface area contributed by atoms with Crippen molar-refractivity contribution in [2.45, 2.75) is 13.1 Å². The third-order valence-corrected chi connectivity index (χ3v) is 6.55. The smallest absolute Gasteiger partial charge is 0.124 e. The molecule has 4 heteroatoms. The third-order valence-electron chi connectivity index (χ3n) is 6.55. The zero-order valence-corrected chi connectivity index (χ0v) is 19.3. The van der Waals surface area contributed by atoms with Crippen LogP contribution < -0.4 is 9.47 Å². The molecule has 0 unspecified atom stereocenters. The van der Waals surface area contributed by atoms with Crippen LogP contribution in [-0.2, 0) is 13.1 Å². The molecule has 1 heterocycles. The van der Waals surface area contributed by atoms with Crippen molar-refractivity contribution in [2.75, 3.05) is 41.4 Å². The minimum absolute atomic E-state index is 0.837. The molecule has 4 aromatic carbocycles. The van der Waals surface area contributed by atoms with Crippen molar-refractivity contribution in [1.82, 2.24) is 9.80 Å². The van der Waals surface area contributed by atoms with E-state index in [-0.39, 0.29) is 0 Å². The summed E-state index contributed by atoms with van der Waals surface area (Å²) in [6, 6.07) is 21.7. The molecule has 5 rings (SSSR count). The lowest BCUT2D eigenvalue weighted by Gasteiger charge is -2.24. The average Bonchev–Trinajstić information content (AvgIpc) is 2.99. The first-order valence-electron chi connectivity index (χ1n) is 11.2. The van der Waals surface area contributed by atoms with Crippen LogP contribution in [0.2, 0.25) is 0 Å². The maximum absolute atomic E-state index is 5.97. The Bertz CT molecular complexity index is 1200. The van der Waals surface area contributed by atoms with Gasteiger partial charge in [0.05, 0.1) is 14.2 Å². The maximum Gasteiger partial charge on any atom is 0.124 e. The number of likely N-dealkylation sites (N-methyl/N-ethyl adjacent to an activating group) is 1. The second kappa shape index (κ2) is 8.45. The predicted octanol–water partition coefficient (Wildman–Crippen LogP) is 5.55. The number of methoxy groups -OCH3 is 2. The summed E-state index contributed by atoms with van der Waals surface area (Å²) in [5.41, 5.74) is 5.05. The van der Waals surface area contributed by atoms with Crippen LogP contribution in [-0.4, -0.2) is 51.2 Å². The molecule has 0 atom stereocenters. The molecule has 0 N–H and O–H groups in total. The molecule has 164 valence electrons.